The number of hydrogen-bond acceptors (Lipinski definition) is 3. The fraction of sp³-hybridized carbons (Fsp3) is 0.533. The molecule has 5 heteroatoms. The molecular formula is C15H23N3OS. The zero-order chi connectivity index (χ0) is 14.4. The van der Waals surface area contributed by atoms with Crippen molar-refractivity contribution in [1.82, 2.24) is 10.2 Å². The Morgan fingerprint density at radius 3 is 3.10 bits per heavy atom. The van der Waals surface area contributed by atoms with Gasteiger partial charge in [-0.25, -0.2) is 0 Å². The number of anilines is 1. The summed E-state index contributed by atoms with van der Waals surface area (Å²) in [5.74, 6) is 0.825. The monoisotopic (exact) mass is 293 g/mol. The van der Waals surface area contributed by atoms with Crippen LogP contribution in [0, 0.1) is 0 Å². The fourth-order valence-electron chi connectivity index (χ4n) is 2.63. The van der Waals surface area contributed by atoms with Gasteiger partial charge in [0.05, 0.1) is 7.11 Å². The van der Waals surface area contributed by atoms with Gasteiger partial charge in [0.15, 0.2) is 5.11 Å². The van der Waals surface area contributed by atoms with Gasteiger partial charge in [-0.3, -0.25) is 4.90 Å². The summed E-state index contributed by atoms with van der Waals surface area (Å²) in [6.07, 6.45) is 2.54. The van der Waals surface area contributed by atoms with Crippen LogP contribution in [-0.2, 0) is 0 Å². The average molecular weight is 293 g/mol. The zero-order valence-corrected chi connectivity index (χ0v) is 13.0. The van der Waals surface area contributed by atoms with E-state index in [-0.39, 0.29) is 0 Å². The molecule has 1 heterocycles. The predicted molar refractivity (Wildman–Crippen MR) is 87.5 cm³/mol. The van der Waals surface area contributed by atoms with Crippen molar-refractivity contribution in [3.8, 4) is 5.75 Å². The maximum Gasteiger partial charge on any atom is 0.170 e. The van der Waals surface area contributed by atoms with Gasteiger partial charge in [-0.05, 0) is 50.3 Å². The topological polar surface area (TPSA) is 36.5 Å². The lowest BCUT2D eigenvalue weighted by Crippen LogP contribution is -2.41. The first-order chi connectivity index (χ1) is 9.72. The van der Waals surface area contributed by atoms with Crippen LogP contribution in [0.25, 0.3) is 0 Å². The van der Waals surface area contributed by atoms with Crippen LogP contribution in [0.3, 0.4) is 0 Å². The largest absolute Gasteiger partial charge is 0.497 e. The number of nitrogens with zero attached hydrogens (tertiary/aromatic N) is 1. The molecule has 2 rings (SSSR count). The minimum Gasteiger partial charge on any atom is -0.497 e. The van der Waals surface area contributed by atoms with Gasteiger partial charge in [0, 0.05) is 24.3 Å². The molecule has 20 heavy (non-hydrogen) atoms. The Labute approximate surface area is 126 Å². The van der Waals surface area contributed by atoms with Gasteiger partial charge in [-0.1, -0.05) is 13.0 Å². The number of thiocarbonyl (C=S) groups is 1. The molecule has 1 aromatic carbocycles. The van der Waals surface area contributed by atoms with Crippen LogP contribution < -0.4 is 15.4 Å². The lowest BCUT2D eigenvalue weighted by atomic mass is 10.2. The molecule has 0 bridgehead atoms. The van der Waals surface area contributed by atoms with Gasteiger partial charge < -0.3 is 15.4 Å². The fourth-order valence-corrected chi connectivity index (χ4v) is 2.83. The predicted octanol–water partition coefficient (Wildman–Crippen LogP) is 2.47. The van der Waals surface area contributed by atoms with E-state index in [0.29, 0.717) is 11.2 Å². The van der Waals surface area contributed by atoms with E-state index in [1.54, 1.807) is 7.11 Å². The second-order valence-corrected chi connectivity index (χ2v) is 5.40. The van der Waals surface area contributed by atoms with E-state index in [2.05, 4.69) is 22.5 Å². The van der Waals surface area contributed by atoms with Crippen LogP contribution in [0.2, 0.25) is 0 Å². The van der Waals surface area contributed by atoms with Crippen LogP contribution in [0.4, 0.5) is 5.69 Å². The molecule has 0 aliphatic carbocycles. The van der Waals surface area contributed by atoms with Crippen LogP contribution >= 0.6 is 12.2 Å². The Bertz CT molecular complexity index is 452. The molecule has 1 aliphatic heterocycles. The van der Waals surface area contributed by atoms with Crippen LogP contribution in [0.15, 0.2) is 24.3 Å². The molecule has 0 unspecified atom stereocenters. The molecule has 1 aliphatic rings. The van der Waals surface area contributed by atoms with E-state index in [0.717, 1.165) is 24.5 Å². The summed E-state index contributed by atoms with van der Waals surface area (Å²) >= 11 is 5.34. The number of benzene rings is 1. The molecule has 0 spiro atoms. The van der Waals surface area contributed by atoms with E-state index in [1.165, 1.54) is 19.4 Å². The van der Waals surface area contributed by atoms with E-state index in [9.17, 15) is 0 Å². The second-order valence-electron chi connectivity index (χ2n) is 4.99. The highest BCUT2D eigenvalue weighted by atomic mass is 32.1. The quantitative estimate of drug-likeness (QED) is 0.816. The summed E-state index contributed by atoms with van der Waals surface area (Å²) in [6.45, 7) is 5.44. The van der Waals surface area contributed by atoms with Crippen molar-refractivity contribution >= 4 is 23.0 Å². The van der Waals surface area contributed by atoms with E-state index in [1.807, 2.05) is 24.3 Å². The lowest BCUT2D eigenvalue weighted by molar-refractivity contribution is 0.267. The third-order valence-corrected chi connectivity index (χ3v) is 3.98. The molecule has 0 aromatic heterocycles. The molecule has 1 aromatic rings. The highest BCUT2D eigenvalue weighted by Crippen LogP contribution is 2.17. The Morgan fingerprint density at radius 1 is 1.50 bits per heavy atom. The lowest BCUT2D eigenvalue weighted by Gasteiger charge is -2.23. The molecule has 110 valence electrons. The molecule has 2 N–H and O–H groups in total. The average Bonchev–Trinajstić information content (AvgIpc) is 2.93. The second kappa shape index (κ2) is 7.45. The zero-order valence-electron chi connectivity index (χ0n) is 12.2. The highest BCUT2D eigenvalue weighted by molar-refractivity contribution is 7.80. The number of methoxy groups -OCH3 is 1. The molecule has 0 saturated carbocycles. The molecule has 1 atom stereocenters. The van der Waals surface area contributed by atoms with Gasteiger partial charge in [0.2, 0.25) is 0 Å². The minimum atomic E-state index is 0.602. The van der Waals surface area contributed by atoms with Crippen molar-refractivity contribution < 1.29 is 4.74 Å². The van der Waals surface area contributed by atoms with Crippen molar-refractivity contribution in [2.45, 2.75) is 25.8 Å². The van der Waals surface area contributed by atoms with Crippen LogP contribution in [0.5, 0.6) is 5.75 Å². The van der Waals surface area contributed by atoms with Gasteiger partial charge >= 0.3 is 0 Å². The summed E-state index contributed by atoms with van der Waals surface area (Å²) in [6, 6.07) is 8.37. The van der Waals surface area contributed by atoms with Gasteiger partial charge in [-0.2, -0.15) is 0 Å². The number of rotatable bonds is 5. The number of nitrogens with one attached hydrogen (secondary N) is 2. The molecule has 1 fully saturated rings. The maximum absolute atomic E-state index is 5.34. The number of likely N-dealkylation sites (tertiary alicyclic amines) is 1. The van der Waals surface area contributed by atoms with Crippen LogP contribution in [-0.4, -0.2) is 42.8 Å². The molecule has 0 radical (unpaired) electrons. The molecule has 0 amide bonds. The van der Waals surface area contributed by atoms with E-state index in [4.69, 9.17) is 17.0 Å². The molecule has 4 nitrogen and oxygen atoms in total. The maximum atomic E-state index is 5.34. The van der Waals surface area contributed by atoms with Crippen molar-refractivity contribution in [1.29, 1.82) is 0 Å². The van der Waals surface area contributed by atoms with E-state index < -0.39 is 0 Å². The summed E-state index contributed by atoms with van der Waals surface area (Å²) in [5, 5.41) is 7.18. The Kier molecular flexibility index (Phi) is 5.61. The number of likely N-dealkylation sites (N-methyl/N-ethyl adjacent to an activating group) is 1. The Balaban J connectivity index is 1.80. The molecular weight excluding hydrogens is 270 g/mol. The first-order valence-corrected chi connectivity index (χ1v) is 7.56. The number of ether oxygens (including phenoxy) is 1. The van der Waals surface area contributed by atoms with Gasteiger partial charge in [-0.15, -0.1) is 0 Å². The third kappa shape index (κ3) is 4.08. The summed E-state index contributed by atoms with van der Waals surface area (Å²) in [7, 11) is 1.66. The minimum absolute atomic E-state index is 0.602. The standard InChI is InChI=1S/C15H23N3OS/c1-3-18-9-5-7-13(18)11-16-15(20)17-12-6-4-8-14(10-12)19-2/h4,6,8,10,13H,3,5,7,9,11H2,1-2H3,(H2,16,17,20)/t13-/m0/s1. The number of hydrogen-bond donors (Lipinski definition) is 2. The molecule has 1 saturated heterocycles. The SMILES string of the molecule is CCN1CCC[C@H]1CNC(=S)Nc1cccc(OC)c1. The van der Waals surface area contributed by atoms with Gasteiger partial charge in [0.1, 0.15) is 5.75 Å². The summed E-state index contributed by atoms with van der Waals surface area (Å²) in [4.78, 5) is 2.50. The third-order valence-electron chi connectivity index (χ3n) is 3.73. The van der Waals surface area contributed by atoms with Gasteiger partial charge in [0.25, 0.3) is 0 Å². The normalized spacial score (nSPS) is 18.8. The van der Waals surface area contributed by atoms with Crippen molar-refractivity contribution in [2.24, 2.45) is 0 Å². The first kappa shape index (κ1) is 15.1. The summed E-state index contributed by atoms with van der Waals surface area (Å²) in [5.41, 5.74) is 0.945. The van der Waals surface area contributed by atoms with Crippen molar-refractivity contribution in [3.05, 3.63) is 24.3 Å². The van der Waals surface area contributed by atoms with Crippen molar-refractivity contribution in [2.75, 3.05) is 32.1 Å². The highest BCUT2D eigenvalue weighted by Gasteiger charge is 2.22. The first-order valence-electron chi connectivity index (χ1n) is 7.16. The van der Waals surface area contributed by atoms with E-state index >= 15 is 0 Å². The summed E-state index contributed by atoms with van der Waals surface area (Å²) < 4.78 is 5.20. The Hall–Kier alpha value is -1.33. The van der Waals surface area contributed by atoms with Crippen molar-refractivity contribution in [3.63, 3.8) is 0 Å². The smallest absolute Gasteiger partial charge is 0.170 e. The van der Waals surface area contributed by atoms with Crippen LogP contribution in [0.1, 0.15) is 19.8 Å². The Morgan fingerprint density at radius 2 is 2.35 bits per heavy atom.